The van der Waals surface area contributed by atoms with Gasteiger partial charge in [-0.2, -0.15) is 0 Å². The molecule has 1 aromatic rings. The molecular weight excluding hydrogens is 258 g/mol. The Morgan fingerprint density at radius 3 is 2.63 bits per heavy atom. The molecule has 2 saturated heterocycles. The molecule has 5 heteroatoms. The number of amides is 1. The number of thiazole rings is 1. The summed E-state index contributed by atoms with van der Waals surface area (Å²) in [5.41, 5.74) is 0. The van der Waals surface area contributed by atoms with E-state index in [9.17, 15) is 4.79 Å². The lowest BCUT2D eigenvalue weighted by Crippen LogP contribution is -2.42. The topological polar surface area (TPSA) is 45.2 Å². The Labute approximate surface area is 118 Å². The van der Waals surface area contributed by atoms with Crippen molar-refractivity contribution < 1.29 is 4.79 Å². The van der Waals surface area contributed by atoms with Crippen molar-refractivity contribution in [2.45, 2.75) is 25.7 Å². The minimum Gasteiger partial charge on any atom is -0.337 e. The Kier molecular flexibility index (Phi) is 4.13. The van der Waals surface area contributed by atoms with Gasteiger partial charge in [0.25, 0.3) is 5.91 Å². The van der Waals surface area contributed by atoms with Gasteiger partial charge in [0.2, 0.25) is 0 Å². The number of aromatic nitrogens is 1. The van der Waals surface area contributed by atoms with E-state index in [2.05, 4.69) is 10.3 Å². The first kappa shape index (κ1) is 13.1. The normalized spacial score (nSPS) is 21.4. The van der Waals surface area contributed by atoms with Crippen molar-refractivity contribution in [2.75, 3.05) is 26.2 Å². The van der Waals surface area contributed by atoms with Crippen LogP contribution in [0.1, 0.15) is 35.5 Å². The number of likely N-dealkylation sites (tertiary alicyclic amines) is 1. The fourth-order valence-corrected chi connectivity index (χ4v) is 3.52. The molecule has 0 spiro atoms. The van der Waals surface area contributed by atoms with Crippen molar-refractivity contribution in [1.82, 2.24) is 15.2 Å². The summed E-state index contributed by atoms with van der Waals surface area (Å²) in [6.45, 7) is 4.24. The Bertz CT molecular complexity index is 408. The zero-order chi connectivity index (χ0) is 13.1. The zero-order valence-electron chi connectivity index (χ0n) is 11.2. The minimum atomic E-state index is 0.122. The molecule has 4 nitrogen and oxygen atoms in total. The van der Waals surface area contributed by atoms with Crippen LogP contribution in [0.25, 0.3) is 0 Å². The number of piperidine rings is 1. The molecule has 3 heterocycles. The van der Waals surface area contributed by atoms with Crippen LogP contribution in [0, 0.1) is 11.8 Å². The van der Waals surface area contributed by atoms with E-state index in [1.807, 2.05) is 10.3 Å². The molecule has 2 fully saturated rings. The van der Waals surface area contributed by atoms with Gasteiger partial charge in [-0.3, -0.25) is 4.79 Å². The quantitative estimate of drug-likeness (QED) is 0.917. The summed E-state index contributed by atoms with van der Waals surface area (Å²) in [7, 11) is 0. The lowest BCUT2D eigenvalue weighted by Gasteiger charge is -2.33. The highest BCUT2D eigenvalue weighted by Crippen LogP contribution is 2.26. The largest absolute Gasteiger partial charge is 0.337 e. The number of carbonyl (C=O) groups excluding carboxylic acids is 1. The van der Waals surface area contributed by atoms with Crippen LogP contribution in [-0.2, 0) is 0 Å². The Balaban J connectivity index is 1.42. The molecule has 3 rings (SSSR count). The van der Waals surface area contributed by atoms with Crippen LogP contribution in [0.5, 0.6) is 0 Å². The SMILES string of the molecule is O=C(c1nccs1)N1CCC(CCC2CNC2)CC1. The van der Waals surface area contributed by atoms with Gasteiger partial charge < -0.3 is 10.2 Å². The molecule has 0 aromatic carbocycles. The molecule has 0 unspecified atom stereocenters. The molecule has 0 aliphatic carbocycles. The van der Waals surface area contributed by atoms with Gasteiger partial charge in [-0.25, -0.2) is 4.98 Å². The molecule has 0 radical (unpaired) electrons. The van der Waals surface area contributed by atoms with E-state index in [0.29, 0.717) is 5.01 Å². The van der Waals surface area contributed by atoms with Crippen molar-refractivity contribution >= 4 is 17.2 Å². The second kappa shape index (κ2) is 6.01. The average Bonchev–Trinajstić information content (AvgIpc) is 2.91. The van der Waals surface area contributed by atoms with E-state index < -0.39 is 0 Å². The van der Waals surface area contributed by atoms with E-state index >= 15 is 0 Å². The van der Waals surface area contributed by atoms with Crippen molar-refractivity contribution in [3.8, 4) is 0 Å². The van der Waals surface area contributed by atoms with Gasteiger partial charge in [-0.1, -0.05) is 0 Å². The van der Waals surface area contributed by atoms with E-state index in [0.717, 1.165) is 37.8 Å². The minimum absolute atomic E-state index is 0.122. The van der Waals surface area contributed by atoms with Crippen molar-refractivity contribution in [3.05, 3.63) is 16.6 Å². The standard InChI is InChI=1S/C14H21N3OS/c18-14(13-16-5-8-19-13)17-6-3-11(4-7-17)1-2-12-9-15-10-12/h5,8,11-12,15H,1-4,6-7,9-10H2. The maximum absolute atomic E-state index is 12.2. The first-order chi connectivity index (χ1) is 9.33. The second-order valence-corrected chi connectivity index (χ2v) is 6.57. The first-order valence-electron chi connectivity index (χ1n) is 7.22. The molecule has 1 N–H and O–H groups in total. The Morgan fingerprint density at radius 2 is 2.05 bits per heavy atom. The van der Waals surface area contributed by atoms with Gasteiger partial charge in [-0.05, 0) is 50.6 Å². The highest BCUT2D eigenvalue weighted by molar-refractivity contribution is 7.11. The van der Waals surface area contributed by atoms with Crippen LogP contribution in [0.3, 0.4) is 0 Å². The van der Waals surface area contributed by atoms with Gasteiger partial charge in [0.1, 0.15) is 0 Å². The van der Waals surface area contributed by atoms with Gasteiger partial charge >= 0.3 is 0 Å². The summed E-state index contributed by atoms with van der Waals surface area (Å²) in [5, 5.41) is 5.83. The molecule has 0 saturated carbocycles. The molecule has 1 aromatic heterocycles. The zero-order valence-corrected chi connectivity index (χ0v) is 12.0. The van der Waals surface area contributed by atoms with Gasteiger partial charge in [0.15, 0.2) is 5.01 Å². The second-order valence-electron chi connectivity index (χ2n) is 5.67. The number of nitrogens with one attached hydrogen (secondary N) is 1. The third kappa shape index (κ3) is 3.15. The molecule has 2 aliphatic rings. The van der Waals surface area contributed by atoms with Crippen LogP contribution in [0.4, 0.5) is 0 Å². The van der Waals surface area contributed by atoms with Gasteiger partial charge in [0, 0.05) is 24.7 Å². The lowest BCUT2D eigenvalue weighted by atomic mass is 9.87. The summed E-state index contributed by atoms with van der Waals surface area (Å²) in [6.07, 6.45) is 6.73. The van der Waals surface area contributed by atoms with Crippen LogP contribution in [0.2, 0.25) is 0 Å². The maximum atomic E-state index is 12.2. The van der Waals surface area contributed by atoms with E-state index in [-0.39, 0.29) is 5.91 Å². The molecule has 104 valence electrons. The number of nitrogens with zero attached hydrogens (tertiary/aromatic N) is 2. The van der Waals surface area contributed by atoms with E-state index in [1.165, 1.54) is 37.3 Å². The number of hydrogen-bond donors (Lipinski definition) is 1. The maximum Gasteiger partial charge on any atom is 0.282 e. The van der Waals surface area contributed by atoms with E-state index in [1.54, 1.807) is 6.20 Å². The monoisotopic (exact) mass is 279 g/mol. The third-order valence-electron chi connectivity index (χ3n) is 4.37. The predicted molar refractivity (Wildman–Crippen MR) is 76.3 cm³/mol. The fourth-order valence-electron chi connectivity index (χ4n) is 2.91. The summed E-state index contributed by atoms with van der Waals surface area (Å²) < 4.78 is 0. The summed E-state index contributed by atoms with van der Waals surface area (Å²) in [4.78, 5) is 18.2. The smallest absolute Gasteiger partial charge is 0.282 e. The predicted octanol–water partition coefficient (Wildman–Crippen LogP) is 1.99. The molecule has 0 bridgehead atoms. The van der Waals surface area contributed by atoms with Crippen molar-refractivity contribution in [3.63, 3.8) is 0 Å². The summed E-state index contributed by atoms with van der Waals surface area (Å²) in [6, 6.07) is 0. The Morgan fingerprint density at radius 1 is 1.32 bits per heavy atom. The van der Waals surface area contributed by atoms with E-state index in [4.69, 9.17) is 0 Å². The molecule has 1 amide bonds. The van der Waals surface area contributed by atoms with Crippen LogP contribution in [-0.4, -0.2) is 42.0 Å². The van der Waals surface area contributed by atoms with Crippen molar-refractivity contribution in [1.29, 1.82) is 0 Å². The Hall–Kier alpha value is -0.940. The van der Waals surface area contributed by atoms with Crippen LogP contribution >= 0.6 is 11.3 Å². The molecule has 19 heavy (non-hydrogen) atoms. The number of carbonyl (C=O) groups is 1. The fraction of sp³-hybridized carbons (Fsp3) is 0.714. The highest BCUT2D eigenvalue weighted by Gasteiger charge is 2.26. The highest BCUT2D eigenvalue weighted by atomic mass is 32.1. The van der Waals surface area contributed by atoms with Gasteiger partial charge in [-0.15, -0.1) is 11.3 Å². The number of hydrogen-bond acceptors (Lipinski definition) is 4. The molecule has 0 atom stereocenters. The first-order valence-corrected chi connectivity index (χ1v) is 8.10. The summed E-state index contributed by atoms with van der Waals surface area (Å²) >= 11 is 1.44. The molecular formula is C14H21N3OS. The third-order valence-corrected chi connectivity index (χ3v) is 5.13. The van der Waals surface area contributed by atoms with Crippen molar-refractivity contribution in [2.24, 2.45) is 11.8 Å². The van der Waals surface area contributed by atoms with Gasteiger partial charge in [0.05, 0.1) is 0 Å². The number of rotatable bonds is 4. The average molecular weight is 279 g/mol. The summed E-state index contributed by atoms with van der Waals surface area (Å²) in [5.74, 6) is 1.85. The molecule has 2 aliphatic heterocycles. The van der Waals surface area contributed by atoms with Crippen LogP contribution < -0.4 is 5.32 Å². The lowest BCUT2D eigenvalue weighted by molar-refractivity contribution is 0.0682. The van der Waals surface area contributed by atoms with Crippen LogP contribution in [0.15, 0.2) is 11.6 Å².